The first-order chi connectivity index (χ1) is 8.00. The van der Waals surface area contributed by atoms with E-state index in [0.29, 0.717) is 6.04 Å². The quantitative estimate of drug-likeness (QED) is 0.713. The molecule has 3 heteroatoms. The normalized spacial score (nSPS) is 10.6. The van der Waals surface area contributed by atoms with E-state index in [-0.39, 0.29) is 21.1 Å². The molecule has 1 aromatic heterocycles. The van der Waals surface area contributed by atoms with Crippen LogP contribution in [0.15, 0.2) is 24.3 Å². The molecular formula is C15H20N2Pt. The Balaban J connectivity index is 0.00000162. The van der Waals surface area contributed by atoms with Crippen LogP contribution in [-0.4, -0.2) is 9.78 Å². The van der Waals surface area contributed by atoms with Gasteiger partial charge in [-0.25, -0.2) is 0 Å². The third kappa shape index (κ3) is 2.75. The standard InChI is InChI=1S/C15H20N2.Pt/c1-10(2)17-13(5)15(12(4)16-17)14-8-6-7-11(3)9-14;/h6-10H,1-5H3;. The third-order valence-corrected chi connectivity index (χ3v) is 3.12. The van der Waals surface area contributed by atoms with E-state index in [9.17, 15) is 0 Å². The van der Waals surface area contributed by atoms with Crippen LogP contribution in [0.1, 0.15) is 36.8 Å². The molecule has 0 N–H and O–H groups in total. The minimum atomic E-state index is 0. The number of aryl methyl sites for hydroxylation is 2. The van der Waals surface area contributed by atoms with Crippen molar-refractivity contribution in [2.24, 2.45) is 0 Å². The van der Waals surface area contributed by atoms with Gasteiger partial charge in [0, 0.05) is 38.4 Å². The van der Waals surface area contributed by atoms with Crippen LogP contribution in [0.25, 0.3) is 11.1 Å². The number of hydrogen-bond donors (Lipinski definition) is 0. The topological polar surface area (TPSA) is 17.8 Å². The molecule has 0 saturated carbocycles. The first-order valence-electron chi connectivity index (χ1n) is 6.13. The van der Waals surface area contributed by atoms with Crippen molar-refractivity contribution in [2.75, 3.05) is 0 Å². The van der Waals surface area contributed by atoms with Crippen LogP contribution in [0.3, 0.4) is 0 Å². The van der Waals surface area contributed by atoms with Gasteiger partial charge >= 0.3 is 0 Å². The van der Waals surface area contributed by atoms with E-state index in [2.05, 4.69) is 68.7 Å². The van der Waals surface area contributed by atoms with Gasteiger partial charge in [-0.1, -0.05) is 29.8 Å². The SMILES string of the molecule is Cc1cccc(-c2c(C)nn(C(C)C)c2C)c1.[Pt]. The molecule has 0 aliphatic rings. The summed E-state index contributed by atoms with van der Waals surface area (Å²) in [6.07, 6.45) is 0. The first-order valence-corrected chi connectivity index (χ1v) is 6.13. The molecule has 0 fully saturated rings. The molecule has 0 spiro atoms. The number of aromatic nitrogens is 2. The van der Waals surface area contributed by atoms with E-state index in [1.54, 1.807) is 0 Å². The van der Waals surface area contributed by atoms with Gasteiger partial charge in [0.05, 0.1) is 5.69 Å². The number of rotatable bonds is 2. The Bertz CT molecular complexity index is 541. The van der Waals surface area contributed by atoms with Crippen molar-refractivity contribution in [3.05, 3.63) is 41.2 Å². The van der Waals surface area contributed by atoms with Crippen LogP contribution in [0.2, 0.25) is 0 Å². The Morgan fingerprint density at radius 1 is 1.11 bits per heavy atom. The zero-order valence-corrected chi connectivity index (χ0v) is 13.9. The minimum Gasteiger partial charge on any atom is -0.266 e. The fourth-order valence-corrected chi connectivity index (χ4v) is 2.38. The average Bonchev–Trinajstić information content (AvgIpc) is 2.54. The fourth-order valence-electron chi connectivity index (χ4n) is 2.38. The summed E-state index contributed by atoms with van der Waals surface area (Å²) in [5.41, 5.74) is 6.21. The van der Waals surface area contributed by atoms with Gasteiger partial charge in [-0.15, -0.1) is 0 Å². The van der Waals surface area contributed by atoms with Gasteiger partial charge in [0.15, 0.2) is 0 Å². The van der Waals surface area contributed by atoms with Crippen LogP contribution in [0.5, 0.6) is 0 Å². The Morgan fingerprint density at radius 3 is 2.28 bits per heavy atom. The van der Waals surface area contributed by atoms with Gasteiger partial charge in [0.1, 0.15) is 0 Å². The largest absolute Gasteiger partial charge is 0.266 e. The summed E-state index contributed by atoms with van der Waals surface area (Å²) in [4.78, 5) is 0. The summed E-state index contributed by atoms with van der Waals surface area (Å²) >= 11 is 0. The van der Waals surface area contributed by atoms with Crippen LogP contribution in [0.4, 0.5) is 0 Å². The smallest absolute Gasteiger partial charge is 0.0675 e. The zero-order chi connectivity index (χ0) is 12.6. The van der Waals surface area contributed by atoms with Crippen molar-refractivity contribution in [3.8, 4) is 11.1 Å². The van der Waals surface area contributed by atoms with Crippen molar-refractivity contribution in [1.29, 1.82) is 0 Å². The Labute approximate surface area is 124 Å². The predicted molar refractivity (Wildman–Crippen MR) is 72.3 cm³/mol. The average molecular weight is 423 g/mol. The minimum absolute atomic E-state index is 0. The van der Waals surface area contributed by atoms with Gasteiger partial charge in [-0.05, 0) is 40.2 Å². The van der Waals surface area contributed by atoms with Crippen molar-refractivity contribution < 1.29 is 21.1 Å². The Hall–Kier alpha value is -0.882. The van der Waals surface area contributed by atoms with Gasteiger partial charge in [0.25, 0.3) is 0 Å². The maximum absolute atomic E-state index is 4.63. The van der Waals surface area contributed by atoms with Crippen LogP contribution >= 0.6 is 0 Å². The summed E-state index contributed by atoms with van der Waals surface area (Å²) in [7, 11) is 0. The summed E-state index contributed by atoms with van der Waals surface area (Å²) in [5.74, 6) is 0. The van der Waals surface area contributed by atoms with E-state index >= 15 is 0 Å². The number of nitrogens with zero attached hydrogens (tertiary/aromatic N) is 2. The van der Waals surface area contributed by atoms with Gasteiger partial charge in [0.2, 0.25) is 0 Å². The van der Waals surface area contributed by atoms with E-state index in [1.807, 2.05) is 0 Å². The monoisotopic (exact) mass is 423 g/mol. The van der Waals surface area contributed by atoms with E-state index in [1.165, 1.54) is 22.4 Å². The molecule has 0 saturated heterocycles. The summed E-state index contributed by atoms with van der Waals surface area (Å²) in [6.45, 7) is 10.7. The molecule has 0 amide bonds. The molecule has 100 valence electrons. The van der Waals surface area contributed by atoms with Crippen molar-refractivity contribution >= 4 is 0 Å². The molecule has 0 aliphatic carbocycles. The van der Waals surface area contributed by atoms with Crippen molar-refractivity contribution in [2.45, 2.75) is 40.7 Å². The Kier molecular flexibility index (Phi) is 4.92. The summed E-state index contributed by atoms with van der Waals surface area (Å²) < 4.78 is 2.10. The van der Waals surface area contributed by atoms with Crippen molar-refractivity contribution in [1.82, 2.24) is 9.78 Å². The molecule has 2 nitrogen and oxygen atoms in total. The van der Waals surface area contributed by atoms with E-state index < -0.39 is 0 Å². The fraction of sp³-hybridized carbons (Fsp3) is 0.400. The maximum Gasteiger partial charge on any atom is 0.0675 e. The molecule has 1 heterocycles. The number of hydrogen-bond acceptors (Lipinski definition) is 1. The van der Waals surface area contributed by atoms with Gasteiger partial charge < -0.3 is 0 Å². The molecule has 2 rings (SSSR count). The maximum atomic E-state index is 4.63. The zero-order valence-electron chi connectivity index (χ0n) is 11.6. The molecule has 0 unspecified atom stereocenters. The van der Waals surface area contributed by atoms with Crippen molar-refractivity contribution in [3.63, 3.8) is 0 Å². The van der Waals surface area contributed by atoms with Crippen LogP contribution in [-0.2, 0) is 21.1 Å². The second kappa shape index (κ2) is 5.84. The Morgan fingerprint density at radius 2 is 1.78 bits per heavy atom. The summed E-state index contributed by atoms with van der Waals surface area (Å²) in [5, 5.41) is 4.63. The van der Waals surface area contributed by atoms with Crippen LogP contribution < -0.4 is 0 Å². The van der Waals surface area contributed by atoms with Gasteiger partial charge in [-0.3, -0.25) is 4.68 Å². The van der Waals surface area contributed by atoms with Crippen LogP contribution in [0, 0.1) is 20.8 Å². The van der Waals surface area contributed by atoms with Gasteiger partial charge in [-0.2, -0.15) is 5.10 Å². The second-order valence-electron chi connectivity index (χ2n) is 4.95. The molecule has 0 aliphatic heterocycles. The molecule has 0 bridgehead atoms. The van der Waals surface area contributed by atoms with E-state index in [4.69, 9.17) is 0 Å². The molecule has 1 aromatic carbocycles. The molecule has 0 radical (unpaired) electrons. The number of benzene rings is 1. The third-order valence-electron chi connectivity index (χ3n) is 3.12. The van der Waals surface area contributed by atoms with E-state index in [0.717, 1.165) is 5.69 Å². The predicted octanol–water partition coefficient (Wildman–Crippen LogP) is 4.05. The first kappa shape index (κ1) is 15.2. The summed E-state index contributed by atoms with van der Waals surface area (Å²) in [6, 6.07) is 9.03. The molecule has 18 heavy (non-hydrogen) atoms. The molecule has 0 atom stereocenters. The molecular weight excluding hydrogens is 403 g/mol. The second-order valence-corrected chi connectivity index (χ2v) is 4.95. The molecule has 2 aromatic rings.